The number of hydrogen-bond donors (Lipinski definition) is 1. The summed E-state index contributed by atoms with van der Waals surface area (Å²) in [5.41, 5.74) is -0.439. The molecule has 1 heterocycles. The minimum absolute atomic E-state index is 0. The van der Waals surface area contributed by atoms with Crippen molar-refractivity contribution in [3.8, 4) is 5.75 Å². The second-order valence-electron chi connectivity index (χ2n) is 11.7. The van der Waals surface area contributed by atoms with Crippen molar-refractivity contribution < 1.29 is 58.2 Å². The Hall–Kier alpha value is -4.15. The molecular weight excluding hydrogens is 661 g/mol. The van der Waals surface area contributed by atoms with Gasteiger partial charge in [0.1, 0.15) is 23.7 Å². The Morgan fingerprint density at radius 2 is 1.63 bits per heavy atom. The van der Waals surface area contributed by atoms with E-state index in [1.807, 2.05) is 18.2 Å². The number of quaternary nitrogens is 1. The SMILES string of the molecule is [2H]C([2H])([2H])[N+](C)(Cc1ccccc1)C[C@@H]1CN(C(=O)Cc2cc(F)c(F)cc2F)CC[C@@]1(OC(=O)c1ccccc1)c1cccc(O)c1.[Br-]. The highest BCUT2D eigenvalue weighted by atomic mass is 79.9. The van der Waals surface area contributed by atoms with Crippen molar-refractivity contribution in [2.45, 2.75) is 25.0 Å². The topological polar surface area (TPSA) is 66.8 Å². The van der Waals surface area contributed by atoms with E-state index in [0.717, 1.165) is 5.56 Å². The highest BCUT2D eigenvalue weighted by Crippen LogP contribution is 2.44. The summed E-state index contributed by atoms with van der Waals surface area (Å²) in [7, 11) is 1.57. The maximum absolute atomic E-state index is 14.6. The Morgan fingerprint density at radius 1 is 0.957 bits per heavy atom. The van der Waals surface area contributed by atoms with E-state index >= 15 is 0 Å². The molecule has 1 N–H and O–H groups in total. The van der Waals surface area contributed by atoms with E-state index in [1.165, 1.54) is 17.0 Å². The summed E-state index contributed by atoms with van der Waals surface area (Å²) >= 11 is 0. The molecule has 1 saturated heterocycles. The van der Waals surface area contributed by atoms with Crippen molar-refractivity contribution in [1.29, 1.82) is 0 Å². The highest BCUT2D eigenvalue weighted by Gasteiger charge is 2.51. The second-order valence-corrected chi connectivity index (χ2v) is 11.7. The van der Waals surface area contributed by atoms with Crippen LogP contribution in [0.2, 0.25) is 0 Å². The molecule has 0 radical (unpaired) electrons. The Balaban J connectivity index is 0.00000541. The van der Waals surface area contributed by atoms with E-state index in [9.17, 15) is 27.9 Å². The van der Waals surface area contributed by atoms with E-state index < -0.39 is 58.7 Å². The number of piperidine rings is 1. The monoisotopic (exact) mass is 699 g/mol. The number of carbonyl (C=O) groups excluding carboxylic acids is 2. The number of aromatic hydroxyl groups is 1. The molecule has 3 atom stereocenters. The van der Waals surface area contributed by atoms with Crippen LogP contribution in [0.25, 0.3) is 0 Å². The van der Waals surface area contributed by atoms with Crippen LogP contribution in [0.5, 0.6) is 5.75 Å². The van der Waals surface area contributed by atoms with Crippen molar-refractivity contribution in [3.63, 3.8) is 0 Å². The summed E-state index contributed by atoms with van der Waals surface area (Å²) in [4.78, 5) is 28.8. The molecule has 1 amide bonds. The fraction of sp³-hybridized carbons (Fsp3) is 0.278. The highest BCUT2D eigenvalue weighted by molar-refractivity contribution is 5.89. The van der Waals surface area contributed by atoms with Gasteiger partial charge < -0.3 is 36.2 Å². The van der Waals surface area contributed by atoms with Gasteiger partial charge in [-0.3, -0.25) is 4.79 Å². The van der Waals surface area contributed by atoms with Crippen LogP contribution in [0.4, 0.5) is 13.2 Å². The number of ether oxygens (including phenoxy) is 1. The van der Waals surface area contributed by atoms with Crippen molar-refractivity contribution >= 4 is 11.9 Å². The van der Waals surface area contributed by atoms with E-state index in [-0.39, 0.29) is 66.5 Å². The minimum atomic E-state index is -2.56. The molecule has 4 aromatic carbocycles. The van der Waals surface area contributed by atoms with Crippen LogP contribution in [0, 0.1) is 23.4 Å². The van der Waals surface area contributed by atoms with Crippen molar-refractivity contribution in [2.24, 2.45) is 5.92 Å². The fourth-order valence-corrected chi connectivity index (χ4v) is 6.09. The number of amides is 1. The number of hydrogen-bond acceptors (Lipinski definition) is 4. The molecule has 1 fully saturated rings. The summed E-state index contributed by atoms with van der Waals surface area (Å²) in [6.07, 6.45) is -0.577. The first-order valence-corrected chi connectivity index (χ1v) is 14.6. The lowest BCUT2D eigenvalue weighted by Gasteiger charge is -2.49. The molecule has 10 heteroatoms. The van der Waals surface area contributed by atoms with Gasteiger partial charge in [0.15, 0.2) is 11.6 Å². The Morgan fingerprint density at radius 3 is 2.30 bits per heavy atom. The molecule has 1 unspecified atom stereocenters. The number of esters is 1. The van der Waals surface area contributed by atoms with Crippen LogP contribution < -0.4 is 17.0 Å². The predicted octanol–water partition coefficient (Wildman–Crippen LogP) is 3.23. The lowest BCUT2D eigenvalue weighted by atomic mass is 9.74. The van der Waals surface area contributed by atoms with Gasteiger partial charge in [-0.1, -0.05) is 60.7 Å². The lowest BCUT2D eigenvalue weighted by Crippen LogP contribution is -3.00. The van der Waals surface area contributed by atoms with Crippen LogP contribution in [0.3, 0.4) is 0 Å². The molecule has 1 aliphatic rings. The average molecular weight is 701 g/mol. The van der Waals surface area contributed by atoms with Gasteiger partial charge in [-0.05, 0) is 35.9 Å². The Kier molecular flexibility index (Phi) is 9.63. The number of nitrogens with zero attached hydrogens (tertiary/aromatic N) is 2. The molecule has 0 aromatic heterocycles. The molecule has 46 heavy (non-hydrogen) atoms. The van der Waals surface area contributed by atoms with Crippen LogP contribution in [0.1, 0.15) is 37.6 Å². The number of benzene rings is 4. The summed E-state index contributed by atoms with van der Waals surface area (Å²) in [5, 5.41) is 10.5. The normalized spacial score (nSPS) is 20.3. The van der Waals surface area contributed by atoms with E-state index in [0.29, 0.717) is 17.7 Å². The van der Waals surface area contributed by atoms with Gasteiger partial charge in [-0.25, -0.2) is 18.0 Å². The van der Waals surface area contributed by atoms with Gasteiger partial charge in [0.25, 0.3) is 0 Å². The zero-order valence-electron chi connectivity index (χ0n) is 28.1. The summed E-state index contributed by atoms with van der Waals surface area (Å²) in [5.74, 6) is -6.00. The van der Waals surface area contributed by atoms with Gasteiger partial charge >= 0.3 is 5.97 Å². The largest absolute Gasteiger partial charge is 1.00 e. The number of phenolic OH excluding ortho intramolecular Hbond substituents is 1. The lowest BCUT2D eigenvalue weighted by molar-refractivity contribution is -0.908. The minimum Gasteiger partial charge on any atom is -1.00 e. The van der Waals surface area contributed by atoms with Gasteiger partial charge in [0.05, 0.1) is 42.6 Å². The molecule has 0 bridgehead atoms. The van der Waals surface area contributed by atoms with Crippen LogP contribution in [-0.4, -0.2) is 60.0 Å². The maximum atomic E-state index is 14.6. The third kappa shape index (κ3) is 7.97. The third-order valence-corrected chi connectivity index (χ3v) is 8.25. The van der Waals surface area contributed by atoms with E-state index in [4.69, 9.17) is 8.85 Å². The van der Waals surface area contributed by atoms with E-state index in [2.05, 4.69) is 0 Å². The summed E-state index contributed by atoms with van der Waals surface area (Å²) < 4.78 is 73.9. The van der Waals surface area contributed by atoms with Gasteiger partial charge in [0.2, 0.25) is 5.91 Å². The smallest absolute Gasteiger partial charge is 0.339 e. The number of phenols is 1. The van der Waals surface area contributed by atoms with Gasteiger partial charge in [0, 0.05) is 36.7 Å². The first kappa shape index (κ1) is 30.5. The number of rotatable bonds is 9. The van der Waals surface area contributed by atoms with Crippen molar-refractivity contribution in [2.75, 3.05) is 33.7 Å². The van der Waals surface area contributed by atoms with E-state index in [1.54, 1.807) is 61.6 Å². The molecular formula is C36H36BrF3N2O4. The Labute approximate surface area is 281 Å². The fourth-order valence-electron chi connectivity index (χ4n) is 6.09. The quantitative estimate of drug-likeness (QED) is 0.166. The summed E-state index contributed by atoms with van der Waals surface area (Å²) in [6, 6.07) is 24.5. The third-order valence-electron chi connectivity index (χ3n) is 8.25. The number of likely N-dealkylation sites (tertiary alicyclic amines) is 1. The van der Waals surface area contributed by atoms with Gasteiger partial charge in [-0.15, -0.1) is 0 Å². The molecule has 0 saturated carbocycles. The van der Waals surface area contributed by atoms with Crippen LogP contribution in [0.15, 0.2) is 97.1 Å². The zero-order chi connectivity index (χ0) is 34.7. The van der Waals surface area contributed by atoms with Crippen LogP contribution in [-0.2, 0) is 28.1 Å². The first-order chi connectivity index (χ1) is 22.7. The average Bonchev–Trinajstić information content (AvgIpc) is 3.04. The number of halogens is 4. The Bertz CT molecular complexity index is 1780. The van der Waals surface area contributed by atoms with Gasteiger partial charge in [-0.2, -0.15) is 0 Å². The zero-order valence-corrected chi connectivity index (χ0v) is 26.7. The predicted molar refractivity (Wildman–Crippen MR) is 163 cm³/mol. The van der Waals surface area contributed by atoms with Crippen molar-refractivity contribution in [1.82, 2.24) is 4.90 Å². The molecule has 0 spiro atoms. The first-order valence-electron chi connectivity index (χ1n) is 16.1. The molecule has 242 valence electrons. The standard InChI is InChI=1S/C36H35F3N2O4.BrH/c1-41(2,23-25-10-5-3-6-11-25)24-29-22-40(34(43)19-27-18-32(38)33(39)21-31(27)37)17-16-36(29,28-14-9-15-30(42)20-28)45-35(44)26-12-7-4-8-13-26;/h3-15,18,20-21,29H,16-17,19,22-24H2,1-2H3;1H/t29-,36+;/m0./s1/i1D3;/t29-,36+,41?;. The van der Waals surface area contributed by atoms with Crippen molar-refractivity contribution in [3.05, 3.63) is 137 Å². The summed E-state index contributed by atoms with van der Waals surface area (Å²) in [6.45, 7) is -2.74. The van der Waals surface area contributed by atoms with Crippen LogP contribution >= 0.6 is 0 Å². The molecule has 0 aliphatic carbocycles. The molecule has 4 aromatic rings. The molecule has 1 aliphatic heterocycles. The molecule has 5 rings (SSSR count). The molecule has 6 nitrogen and oxygen atoms in total. The maximum Gasteiger partial charge on any atom is 0.339 e. The number of carbonyl (C=O) groups is 2. The second kappa shape index (κ2) is 14.5.